The minimum atomic E-state index is -1.05. The smallest absolute Gasteiger partial charge is 0.335 e. The van der Waals surface area contributed by atoms with Gasteiger partial charge in [-0.15, -0.1) is 0 Å². The monoisotopic (exact) mass is 268 g/mol. The van der Waals surface area contributed by atoms with Crippen LogP contribution in [0.5, 0.6) is 0 Å². The number of urea groups is 1. The average molecular weight is 268 g/mol. The minimum Gasteiger partial charge on any atom is -0.478 e. The molecule has 0 atom stereocenters. The predicted octanol–water partition coefficient (Wildman–Crippen LogP) is 1.13. The third kappa shape index (κ3) is 5.84. The van der Waals surface area contributed by atoms with Crippen LogP contribution in [-0.4, -0.2) is 44.2 Å². The highest BCUT2D eigenvalue weighted by Crippen LogP contribution is 2.10. The van der Waals surface area contributed by atoms with Gasteiger partial charge in [-0.05, 0) is 18.2 Å². The fraction of sp³-hybridized carbons (Fsp3) is 0.333. The van der Waals surface area contributed by atoms with E-state index in [4.69, 9.17) is 14.6 Å². The first-order chi connectivity index (χ1) is 9.13. The van der Waals surface area contributed by atoms with Gasteiger partial charge < -0.3 is 25.2 Å². The van der Waals surface area contributed by atoms with Crippen molar-refractivity contribution in [1.82, 2.24) is 5.32 Å². The van der Waals surface area contributed by atoms with E-state index in [1.165, 1.54) is 12.1 Å². The molecule has 1 rings (SSSR count). The molecule has 7 heteroatoms. The first-order valence-corrected chi connectivity index (χ1v) is 5.58. The van der Waals surface area contributed by atoms with Crippen molar-refractivity contribution in [2.75, 3.05) is 32.4 Å². The minimum absolute atomic E-state index is 0.0494. The van der Waals surface area contributed by atoms with Crippen LogP contribution >= 0.6 is 0 Å². The average Bonchev–Trinajstić information content (AvgIpc) is 2.38. The maximum atomic E-state index is 11.4. The van der Waals surface area contributed by atoms with Gasteiger partial charge in [-0.3, -0.25) is 0 Å². The van der Waals surface area contributed by atoms with Crippen LogP contribution in [0, 0.1) is 0 Å². The van der Waals surface area contributed by atoms with E-state index in [0.717, 1.165) is 0 Å². The number of carbonyl (C=O) groups excluding carboxylic acids is 1. The topological polar surface area (TPSA) is 96.9 Å². The molecule has 0 saturated heterocycles. The standard InChI is InChI=1S/C12H16N2O5/c1-18-5-6-19-8-13-12(17)14-10-4-2-3-9(7-10)11(15)16/h2-4,7H,5-6,8H2,1H3,(H,15,16)(H2,13,14,17). The van der Waals surface area contributed by atoms with E-state index < -0.39 is 12.0 Å². The summed E-state index contributed by atoms with van der Waals surface area (Å²) < 4.78 is 9.82. The Morgan fingerprint density at radius 3 is 2.79 bits per heavy atom. The highest BCUT2D eigenvalue weighted by molar-refractivity contribution is 5.93. The van der Waals surface area contributed by atoms with Gasteiger partial charge in [0.2, 0.25) is 0 Å². The summed E-state index contributed by atoms with van der Waals surface area (Å²) in [7, 11) is 1.55. The number of hydrogen-bond acceptors (Lipinski definition) is 4. The van der Waals surface area contributed by atoms with E-state index in [0.29, 0.717) is 18.9 Å². The molecule has 0 aliphatic rings. The molecule has 2 amide bonds. The lowest BCUT2D eigenvalue weighted by molar-refractivity contribution is 0.0650. The Bertz CT molecular complexity index is 436. The number of carboxylic acids is 1. The van der Waals surface area contributed by atoms with Crippen LogP contribution in [0.3, 0.4) is 0 Å². The molecule has 3 N–H and O–H groups in total. The van der Waals surface area contributed by atoms with Gasteiger partial charge in [0, 0.05) is 12.8 Å². The second kappa shape index (κ2) is 8.06. The van der Waals surface area contributed by atoms with Gasteiger partial charge in [0.15, 0.2) is 0 Å². The number of carboxylic acid groups (broad SMARTS) is 1. The molecule has 0 aliphatic carbocycles. The molecular formula is C12H16N2O5. The molecule has 7 nitrogen and oxygen atoms in total. The zero-order valence-electron chi connectivity index (χ0n) is 10.5. The Balaban J connectivity index is 2.35. The highest BCUT2D eigenvalue weighted by Gasteiger charge is 2.05. The van der Waals surface area contributed by atoms with Crippen LogP contribution in [0.4, 0.5) is 10.5 Å². The van der Waals surface area contributed by atoms with E-state index >= 15 is 0 Å². The van der Waals surface area contributed by atoms with Crippen molar-refractivity contribution in [3.63, 3.8) is 0 Å². The molecule has 0 aromatic heterocycles. The number of amides is 2. The second-order valence-electron chi connectivity index (χ2n) is 3.56. The quantitative estimate of drug-likeness (QED) is 0.508. The molecule has 0 radical (unpaired) electrons. The fourth-order valence-corrected chi connectivity index (χ4v) is 1.24. The molecule has 0 saturated carbocycles. The molecule has 0 unspecified atom stereocenters. The molecular weight excluding hydrogens is 252 g/mol. The Kier molecular flexibility index (Phi) is 6.34. The van der Waals surface area contributed by atoms with Crippen LogP contribution in [0.25, 0.3) is 0 Å². The van der Waals surface area contributed by atoms with Crippen molar-refractivity contribution < 1.29 is 24.2 Å². The molecule has 1 aromatic carbocycles. The van der Waals surface area contributed by atoms with Gasteiger partial charge in [-0.1, -0.05) is 6.07 Å². The lowest BCUT2D eigenvalue weighted by Gasteiger charge is -2.08. The van der Waals surface area contributed by atoms with E-state index in [1.807, 2.05) is 0 Å². The van der Waals surface area contributed by atoms with Gasteiger partial charge in [0.05, 0.1) is 18.8 Å². The lowest BCUT2D eigenvalue weighted by atomic mass is 10.2. The first-order valence-electron chi connectivity index (χ1n) is 5.58. The molecule has 0 fully saturated rings. The van der Waals surface area contributed by atoms with E-state index in [1.54, 1.807) is 19.2 Å². The molecule has 1 aromatic rings. The highest BCUT2D eigenvalue weighted by atomic mass is 16.5. The number of aromatic carboxylic acids is 1. The Labute approximate surface area is 110 Å². The van der Waals surface area contributed by atoms with Crippen LogP contribution in [0.2, 0.25) is 0 Å². The fourth-order valence-electron chi connectivity index (χ4n) is 1.24. The number of rotatable bonds is 7. The van der Waals surface area contributed by atoms with Gasteiger partial charge >= 0.3 is 12.0 Å². The van der Waals surface area contributed by atoms with Gasteiger partial charge in [-0.2, -0.15) is 0 Å². The van der Waals surface area contributed by atoms with Crippen molar-refractivity contribution in [3.8, 4) is 0 Å². The maximum absolute atomic E-state index is 11.4. The van der Waals surface area contributed by atoms with Crippen LogP contribution < -0.4 is 10.6 Å². The lowest BCUT2D eigenvalue weighted by Crippen LogP contribution is -2.31. The first kappa shape index (κ1) is 14.9. The number of hydrogen-bond donors (Lipinski definition) is 3. The SMILES string of the molecule is COCCOCNC(=O)Nc1cccc(C(=O)O)c1. The third-order valence-electron chi connectivity index (χ3n) is 2.13. The maximum Gasteiger partial charge on any atom is 0.335 e. The van der Waals surface area contributed by atoms with E-state index in [2.05, 4.69) is 10.6 Å². The van der Waals surface area contributed by atoms with E-state index in [-0.39, 0.29) is 12.3 Å². The van der Waals surface area contributed by atoms with Gasteiger partial charge in [0.1, 0.15) is 6.73 Å². The summed E-state index contributed by atoms with van der Waals surface area (Å²) in [5.74, 6) is -1.05. The zero-order chi connectivity index (χ0) is 14.1. The van der Waals surface area contributed by atoms with Gasteiger partial charge in [-0.25, -0.2) is 9.59 Å². The number of ether oxygens (including phenoxy) is 2. The summed E-state index contributed by atoms with van der Waals surface area (Å²) in [5.41, 5.74) is 0.503. The molecule has 0 bridgehead atoms. The van der Waals surface area contributed by atoms with Crippen LogP contribution in [0.1, 0.15) is 10.4 Å². The molecule has 0 spiro atoms. The van der Waals surface area contributed by atoms with Crippen LogP contribution in [0.15, 0.2) is 24.3 Å². The summed E-state index contributed by atoms with van der Waals surface area (Å²) in [6, 6.07) is 5.49. The molecule has 19 heavy (non-hydrogen) atoms. The molecule has 104 valence electrons. The Hall–Kier alpha value is -2.12. The summed E-state index contributed by atoms with van der Waals surface area (Å²) in [6.07, 6.45) is 0. The number of anilines is 1. The zero-order valence-corrected chi connectivity index (χ0v) is 10.5. The van der Waals surface area contributed by atoms with Gasteiger partial charge in [0.25, 0.3) is 0 Å². The Morgan fingerprint density at radius 1 is 1.32 bits per heavy atom. The summed E-state index contributed by atoms with van der Waals surface area (Å²) in [5, 5.41) is 13.8. The van der Waals surface area contributed by atoms with Crippen molar-refractivity contribution in [1.29, 1.82) is 0 Å². The number of benzene rings is 1. The second-order valence-corrected chi connectivity index (χ2v) is 3.56. The number of carbonyl (C=O) groups is 2. The molecule has 0 aliphatic heterocycles. The summed E-state index contributed by atoms with van der Waals surface area (Å²) >= 11 is 0. The number of methoxy groups -OCH3 is 1. The number of nitrogens with one attached hydrogen (secondary N) is 2. The van der Waals surface area contributed by atoms with Crippen molar-refractivity contribution in [3.05, 3.63) is 29.8 Å². The van der Waals surface area contributed by atoms with Crippen molar-refractivity contribution in [2.45, 2.75) is 0 Å². The normalized spacial score (nSPS) is 9.95. The predicted molar refractivity (Wildman–Crippen MR) is 68.3 cm³/mol. The molecule has 0 heterocycles. The largest absolute Gasteiger partial charge is 0.478 e. The van der Waals surface area contributed by atoms with Crippen LogP contribution in [-0.2, 0) is 9.47 Å². The summed E-state index contributed by atoms with van der Waals surface area (Å²) in [4.78, 5) is 22.2. The van der Waals surface area contributed by atoms with Crippen molar-refractivity contribution in [2.24, 2.45) is 0 Å². The van der Waals surface area contributed by atoms with Crippen molar-refractivity contribution >= 4 is 17.7 Å². The summed E-state index contributed by atoms with van der Waals surface area (Å²) in [6.45, 7) is 0.878. The third-order valence-corrected chi connectivity index (χ3v) is 2.13. The Morgan fingerprint density at radius 2 is 2.11 bits per heavy atom. The van der Waals surface area contributed by atoms with E-state index in [9.17, 15) is 9.59 Å².